The zero-order valence-corrected chi connectivity index (χ0v) is 18.8. The summed E-state index contributed by atoms with van der Waals surface area (Å²) in [5.74, 6) is 1.49. The van der Waals surface area contributed by atoms with E-state index in [9.17, 15) is 0 Å². The molecule has 5 rings (SSSR count). The van der Waals surface area contributed by atoms with E-state index >= 15 is 0 Å². The Morgan fingerprint density at radius 3 is 2.10 bits per heavy atom. The first-order valence-corrected chi connectivity index (χ1v) is 12.2. The molecule has 2 saturated carbocycles. The van der Waals surface area contributed by atoms with Crippen LogP contribution in [0.4, 0.5) is 0 Å². The smallest absolute Gasteiger partial charge is 0.200 e. The number of hydrogen-bond donors (Lipinski definition) is 0. The van der Waals surface area contributed by atoms with Gasteiger partial charge in [0, 0.05) is 11.6 Å². The molecule has 0 unspecified atom stereocenters. The Morgan fingerprint density at radius 2 is 1.40 bits per heavy atom. The monoisotopic (exact) mass is 398 g/mol. The molecular formula is C29H36N+. The van der Waals surface area contributed by atoms with E-state index in [2.05, 4.69) is 67.2 Å². The van der Waals surface area contributed by atoms with Gasteiger partial charge in [-0.1, -0.05) is 62.8 Å². The van der Waals surface area contributed by atoms with Crippen LogP contribution in [0.3, 0.4) is 0 Å². The predicted molar refractivity (Wildman–Crippen MR) is 127 cm³/mol. The summed E-state index contributed by atoms with van der Waals surface area (Å²) in [6.07, 6.45) is 16.2. The molecule has 1 heteroatoms. The van der Waals surface area contributed by atoms with Crippen molar-refractivity contribution in [2.75, 3.05) is 0 Å². The van der Waals surface area contributed by atoms with Gasteiger partial charge < -0.3 is 0 Å². The summed E-state index contributed by atoms with van der Waals surface area (Å²) in [5, 5.41) is 2.97. The number of pyridine rings is 1. The zero-order valence-electron chi connectivity index (χ0n) is 18.8. The minimum atomic E-state index is 0.738. The van der Waals surface area contributed by atoms with Crippen molar-refractivity contribution in [3.8, 4) is 11.3 Å². The second-order valence-corrected chi connectivity index (χ2v) is 9.83. The molecule has 0 bridgehead atoms. The van der Waals surface area contributed by atoms with Gasteiger partial charge in [0.25, 0.3) is 0 Å². The minimum absolute atomic E-state index is 0.738. The molecule has 30 heavy (non-hydrogen) atoms. The van der Waals surface area contributed by atoms with Crippen molar-refractivity contribution in [2.24, 2.45) is 7.05 Å². The van der Waals surface area contributed by atoms with Gasteiger partial charge in [-0.05, 0) is 78.7 Å². The molecule has 0 saturated heterocycles. The molecule has 0 amide bonds. The number of rotatable bonds is 3. The highest BCUT2D eigenvalue weighted by molar-refractivity contribution is 5.96. The van der Waals surface area contributed by atoms with Crippen LogP contribution in [0, 0.1) is 6.92 Å². The van der Waals surface area contributed by atoms with E-state index in [0.29, 0.717) is 0 Å². The maximum absolute atomic E-state index is 2.63. The van der Waals surface area contributed by atoms with Crippen LogP contribution in [0.5, 0.6) is 0 Å². The van der Waals surface area contributed by atoms with Crippen molar-refractivity contribution in [3.63, 3.8) is 0 Å². The molecule has 156 valence electrons. The fourth-order valence-corrected chi connectivity index (χ4v) is 6.13. The Kier molecular flexibility index (Phi) is 5.63. The summed E-state index contributed by atoms with van der Waals surface area (Å²) in [5.41, 5.74) is 7.39. The van der Waals surface area contributed by atoms with E-state index < -0.39 is 0 Å². The summed E-state index contributed by atoms with van der Waals surface area (Å²) in [4.78, 5) is 0. The van der Waals surface area contributed by atoms with E-state index in [1.165, 1.54) is 91.8 Å². The first-order chi connectivity index (χ1) is 14.7. The molecule has 1 aromatic heterocycles. The molecule has 2 aliphatic rings. The highest BCUT2D eigenvalue weighted by atomic mass is 14.9. The van der Waals surface area contributed by atoms with E-state index in [-0.39, 0.29) is 0 Å². The average molecular weight is 399 g/mol. The molecule has 0 spiro atoms. The molecule has 2 fully saturated rings. The zero-order chi connectivity index (χ0) is 20.5. The lowest BCUT2D eigenvalue weighted by Gasteiger charge is -2.27. The maximum atomic E-state index is 2.63. The Hall–Kier alpha value is -2.15. The quantitative estimate of drug-likeness (QED) is 0.397. The molecule has 0 N–H and O–H groups in total. The number of benzene rings is 2. The van der Waals surface area contributed by atoms with Crippen molar-refractivity contribution in [2.45, 2.75) is 83.0 Å². The summed E-state index contributed by atoms with van der Waals surface area (Å²) >= 11 is 0. The van der Waals surface area contributed by atoms with Crippen LogP contribution in [0.25, 0.3) is 22.0 Å². The van der Waals surface area contributed by atoms with Gasteiger partial charge in [-0.2, -0.15) is 0 Å². The summed E-state index contributed by atoms with van der Waals surface area (Å²) in [6, 6.07) is 16.5. The Morgan fingerprint density at radius 1 is 0.733 bits per heavy atom. The second-order valence-electron chi connectivity index (χ2n) is 9.83. The Balaban J connectivity index is 1.76. The van der Waals surface area contributed by atoms with Gasteiger partial charge in [-0.15, -0.1) is 0 Å². The van der Waals surface area contributed by atoms with Crippen molar-refractivity contribution in [1.82, 2.24) is 0 Å². The average Bonchev–Trinajstić information content (AvgIpc) is 2.80. The highest BCUT2D eigenvalue weighted by Crippen LogP contribution is 2.42. The lowest BCUT2D eigenvalue weighted by molar-refractivity contribution is -0.659. The van der Waals surface area contributed by atoms with Crippen LogP contribution >= 0.6 is 0 Å². The van der Waals surface area contributed by atoms with Crippen LogP contribution in [-0.2, 0) is 7.05 Å². The molecule has 0 radical (unpaired) electrons. The molecule has 3 aromatic rings. The maximum Gasteiger partial charge on any atom is 0.220 e. The van der Waals surface area contributed by atoms with Crippen LogP contribution in [0.15, 0.2) is 48.7 Å². The van der Waals surface area contributed by atoms with Crippen molar-refractivity contribution in [3.05, 3.63) is 65.4 Å². The van der Waals surface area contributed by atoms with E-state index in [4.69, 9.17) is 0 Å². The van der Waals surface area contributed by atoms with Crippen molar-refractivity contribution in [1.29, 1.82) is 0 Å². The summed E-state index contributed by atoms with van der Waals surface area (Å²) in [7, 11) is 2.22. The van der Waals surface area contributed by atoms with Crippen molar-refractivity contribution >= 4 is 10.8 Å². The predicted octanol–water partition coefficient (Wildman–Crippen LogP) is 7.74. The lowest BCUT2D eigenvalue weighted by Crippen LogP contribution is -2.31. The van der Waals surface area contributed by atoms with Crippen LogP contribution in [-0.4, -0.2) is 0 Å². The molecule has 1 heterocycles. The molecule has 2 aromatic carbocycles. The third-order valence-corrected chi connectivity index (χ3v) is 7.83. The lowest BCUT2D eigenvalue weighted by atomic mass is 9.77. The van der Waals surface area contributed by atoms with Crippen LogP contribution in [0.1, 0.15) is 92.7 Å². The number of aromatic nitrogens is 1. The second kappa shape index (κ2) is 8.53. The molecular weight excluding hydrogens is 362 g/mol. The third kappa shape index (κ3) is 3.68. The minimum Gasteiger partial charge on any atom is -0.200 e. The fraction of sp³-hybridized carbons (Fsp3) is 0.483. The van der Waals surface area contributed by atoms with Gasteiger partial charge in [-0.3, -0.25) is 0 Å². The Labute approximate surface area is 182 Å². The van der Waals surface area contributed by atoms with Crippen molar-refractivity contribution < 1.29 is 4.57 Å². The van der Waals surface area contributed by atoms with Gasteiger partial charge in [-0.25, -0.2) is 4.57 Å². The standard InChI is InChI=1S/C29H36N/c1-21-11-9-10-16-25(21)29-28-20-24(22-12-5-3-6-13-22)19-27(23-14-7-4-8-15-23)26(28)17-18-30(29)2/h9-11,16-20,22-23H,3-8,12-15H2,1-2H3/q+1. The highest BCUT2D eigenvalue weighted by Gasteiger charge is 2.25. The normalized spacial score (nSPS) is 18.7. The number of hydrogen-bond acceptors (Lipinski definition) is 0. The Bertz CT molecular complexity index is 1040. The van der Waals surface area contributed by atoms with E-state index in [0.717, 1.165) is 11.8 Å². The third-order valence-electron chi connectivity index (χ3n) is 7.83. The number of aryl methyl sites for hydroxylation is 2. The summed E-state index contributed by atoms with van der Waals surface area (Å²) < 4.78 is 2.35. The van der Waals surface area contributed by atoms with Gasteiger partial charge >= 0.3 is 0 Å². The summed E-state index contributed by atoms with van der Waals surface area (Å²) in [6.45, 7) is 2.25. The first-order valence-electron chi connectivity index (χ1n) is 12.2. The van der Waals surface area contributed by atoms with Gasteiger partial charge in [0.15, 0.2) is 6.20 Å². The molecule has 0 aliphatic heterocycles. The largest absolute Gasteiger partial charge is 0.220 e. The van der Waals surface area contributed by atoms with Gasteiger partial charge in [0.1, 0.15) is 7.05 Å². The van der Waals surface area contributed by atoms with E-state index in [1.54, 1.807) is 11.1 Å². The topological polar surface area (TPSA) is 3.88 Å². The first kappa shape index (κ1) is 19.8. The molecule has 2 aliphatic carbocycles. The number of fused-ring (bicyclic) bond motifs is 1. The number of nitrogens with zero attached hydrogens (tertiary/aromatic N) is 1. The van der Waals surface area contributed by atoms with Gasteiger partial charge in [0.05, 0.1) is 5.39 Å². The molecule has 1 nitrogen and oxygen atoms in total. The van der Waals surface area contributed by atoms with E-state index in [1.807, 2.05) is 0 Å². The molecule has 0 atom stereocenters. The van der Waals surface area contributed by atoms with Gasteiger partial charge in [0.2, 0.25) is 5.69 Å². The fourth-order valence-electron chi connectivity index (χ4n) is 6.13. The van der Waals surface area contributed by atoms with Crippen LogP contribution < -0.4 is 4.57 Å². The van der Waals surface area contributed by atoms with Crippen LogP contribution in [0.2, 0.25) is 0 Å². The SMILES string of the molecule is Cc1ccccc1-c1c2cc(C3CCCCC3)cc(C3CCCCC3)c2cc[n+]1C.